The molecule has 0 heterocycles. The lowest BCUT2D eigenvalue weighted by atomic mass is 10.1. The lowest BCUT2D eigenvalue weighted by molar-refractivity contribution is -0.268. The van der Waals surface area contributed by atoms with E-state index in [4.69, 9.17) is 9.99 Å². The second-order valence-electron chi connectivity index (χ2n) is 4.80. The number of rotatable bonds is 6. The smallest absolute Gasteiger partial charge is 0.136 e. The lowest BCUT2D eigenvalue weighted by Gasteiger charge is -2.09. The Morgan fingerprint density at radius 1 is 1.05 bits per heavy atom. The molecule has 1 unspecified atom stereocenters. The number of hydrogen-bond acceptors (Lipinski definition) is 3. The first kappa shape index (κ1) is 15.3. The lowest BCUT2D eigenvalue weighted by Crippen LogP contribution is -1.98. The zero-order valence-corrected chi connectivity index (χ0v) is 12.3. The highest BCUT2D eigenvalue weighted by Gasteiger charge is 2.07. The van der Waals surface area contributed by atoms with Crippen LogP contribution in [0.5, 0.6) is 5.75 Å². The van der Waals surface area contributed by atoms with E-state index in [1.807, 2.05) is 74.5 Å². The summed E-state index contributed by atoms with van der Waals surface area (Å²) in [4.78, 5) is 4.55. The third-order valence-electron chi connectivity index (χ3n) is 3.17. The maximum Gasteiger partial charge on any atom is 0.136 e. The van der Waals surface area contributed by atoms with Gasteiger partial charge in [-0.2, -0.15) is 0 Å². The van der Waals surface area contributed by atoms with E-state index in [-0.39, 0.29) is 0 Å². The average molecular weight is 284 g/mol. The molecule has 2 rings (SSSR count). The van der Waals surface area contributed by atoms with Crippen LogP contribution in [0.25, 0.3) is 6.08 Å². The highest BCUT2D eigenvalue weighted by Crippen LogP contribution is 2.20. The van der Waals surface area contributed by atoms with Crippen molar-refractivity contribution in [1.82, 2.24) is 0 Å². The van der Waals surface area contributed by atoms with E-state index in [0.29, 0.717) is 6.61 Å². The van der Waals surface area contributed by atoms with Crippen molar-refractivity contribution in [3.05, 3.63) is 71.3 Å². The van der Waals surface area contributed by atoms with Gasteiger partial charge >= 0.3 is 0 Å². The molecule has 2 aromatic carbocycles. The molecule has 0 aliphatic carbocycles. The van der Waals surface area contributed by atoms with Crippen LogP contribution in [0.1, 0.15) is 29.7 Å². The third kappa shape index (κ3) is 4.45. The zero-order chi connectivity index (χ0) is 15.1. The second-order valence-corrected chi connectivity index (χ2v) is 4.80. The van der Waals surface area contributed by atoms with Crippen LogP contribution < -0.4 is 4.74 Å². The van der Waals surface area contributed by atoms with Gasteiger partial charge in [-0.05, 0) is 43.2 Å². The van der Waals surface area contributed by atoms with Gasteiger partial charge in [0, 0.05) is 0 Å². The van der Waals surface area contributed by atoms with Crippen LogP contribution in [-0.2, 0) is 4.89 Å². The monoisotopic (exact) mass is 284 g/mol. The van der Waals surface area contributed by atoms with Gasteiger partial charge in [0.15, 0.2) is 0 Å². The molecule has 0 spiro atoms. The van der Waals surface area contributed by atoms with Gasteiger partial charge in [-0.3, -0.25) is 5.26 Å². The highest BCUT2D eigenvalue weighted by molar-refractivity contribution is 5.51. The summed E-state index contributed by atoms with van der Waals surface area (Å²) in [5.74, 6) is 0.850. The van der Waals surface area contributed by atoms with Crippen LogP contribution in [-0.4, -0.2) is 11.9 Å². The number of ether oxygens (including phenoxy) is 1. The van der Waals surface area contributed by atoms with Crippen molar-refractivity contribution in [3.8, 4) is 5.75 Å². The van der Waals surface area contributed by atoms with Crippen LogP contribution in [0.3, 0.4) is 0 Å². The second kappa shape index (κ2) is 7.62. The molecule has 21 heavy (non-hydrogen) atoms. The van der Waals surface area contributed by atoms with Crippen LogP contribution in [0, 0.1) is 6.92 Å². The van der Waals surface area contributed by atoms with Crippen LogP contribution in [0.2, 0.25) is 0 Å². The third-order valence-corrected chi connectivity index (χ3v) is 3.17. The van der Waals surface area contributed by atoms with Crippen molar-refractivity contribution in [2.75, 3.05) is 6.61 Å². The van der Waals surface area contributed by atoms with Gasteiger partial charge in [0.25, 0.3) is 0 Å². The van der Waals surface area contributed by atoms with Gasteiger partial charge in [0.1, 0.15) is 11.9 Å². The quantitative estimate of drug-likeness (QED) is 0.620. The van der Waals surface area contributed by atoms with E-state index < -0.39 is 6.10 Å². The Hall–Kier alpha value is -2.10. The van der Waals surface area contributed by atoms with Gasteiger partial charge in [-0.25, -0.2) is 4.89 Å². The Kier molecular flexibility index (Phi) is 5.55. The maximum absolute atomic E-state index is 9.07. The fourth-order valence-electron chi connectivity index (χ4n) is 2.00. The Morgan fingerprint density at radius 3 is 2.29 bits per heavy atom. The molecule has 3 heteroatoms. The Labute approximate surface area is 125 Å². The minimum Gasteiger partial charge on any atom is -0.494 e. The van der Waals surface area contributed by atoms with Gasteiger partial charge in [0.2, 0.25) is 0 Å². The molecule has 0 bridgehead atoms. The Bertz CT molecular complexity index is 570. The van der Waals surface area contributed by atoms with Crippen molar-refractivity contribution >= 4 is 6.08 Å². The van der Waals surface area contributed by atoms with Crippen LogP contribution in [0.4, 0.5) is 0 Å². The molecule has 1 N–H and O–H groups in total. The predicted octanol–water partition coefficient (Wildman–Crippen LogP) is 4.64. The molecule has 0 radical (unpaired) electrons. The summed E-state index contributed by atoms with van der Waals surface area (Å²) >= 11 is 0. The summed E-state index contributed by atoms with van der Waals surface area (Å²) in [6.07, 6.45) is 3.26. The molecule has 0 saturated carbocycles. The first-order valence-corrected chi connectivity index (χ1v) is 7.00. The molecule has 0 saturated heterocycles. The van der Waals surface area contributed by atoms with E-state index >= 15 is 0 Å². The first-order valence-electron chi connectivity index (χ1n) is 7.00. The normalized spacial score (nSPS) is 12.5. The fourth-order valence-corrected chi connectivity index (χ4v) is 2.00. The summed E-state index contributed by atoms with van der Waals surface area (Å²) in [5, 5.41) is 9.07. The number of benzene rings is 2. The minimum absolute atomic E-state index is 0.475. The summed E-state index contributed by atoms with van der Waals surface area (Å²) < 4.78 is 5.40. The molecule has 110 valence electrons. The van der Waals surface area contributed by atoms with Gasteiger partial charge < -0.3 is 4.74 Å². The predicted molar refractivity (Wildman–Crippen MR) is 84.3 cm³/mol. The van der Waals surface area contributed by atoms with E-state index in [0.717, 1.165) is 16.9 Å². The standard InChI is InChI=1S/C18H20O3/c1-3-20-17-11-6-15(7-12-17)8-13-18(21-19)16-9-4-14(2)5-10-16/h4-13,18-19H,3H2,1-2H3. The molecule has 0 amide bonds. The summed E-state index contributed by atoms with van der Waals surface area (Å²) in [5.41, 5.74) is 3.10. The SMILES string of the molecule is CCOc1ccc(C=CC(OO)c2ccc(C)cc2)cc1. The van der Waals surface area contributed by atoms with E-state index in [1.165, 1.54) is 5.56 Å². The van der Waals surface area contributed by atoms with E-state index in [9.17, 15) is 0 Å². The van der Waals surface area contributed by atoms with Crippen molar-refractivity contribution in [3.63, 3.8) is 0 Å². The number of hydrogen-bond donors (Lipinski definition) is 1. The molecular formula is C18H20O3. The summed E-state index contributed by atoms with van der Waals surface area (Å²) in [7, 11) is 0. The van der Waals surface area contributed by atoms with Crippen LogP contribution >= 0.6 is 0 Å². The Balaban J connectivity index is 2.08. The topological polar surface area (TPSA) is 38.7 Å². The molecule has 0 aromatic heterocycles. The maximum atomic E-state index is 9.07. The summed E-state index contributed by atoms with van der Waals surface area (Å²) in [6, 6.07) is 15.6. The van der Waals surface area contributed by atoms with Crippen molar-refractivity contribution in [1.29, 1.82) is 0 Å². The van der Waals surface area contributed by atoms with Crippen LogP contribution in [0.15, 0.2) is 54.6 Å². The van der Waals surface area contributed by atoms with E-state index in [1.54, 1.807) is 0 Å². The highest BCUT2D eigenvalue weighted by atomic mass is 17.1. The molecule has 0 aliphatic rings. The van der Waals surface area contributed by atoms with Gasteiger partial charge in [0.05, 0.1) is 6.61 Å². The molecule has 1 atom stereocenters. The zero-order valence-electron chi connectivity index (χ0n) is 12.3. The molecule has 0 aliphatic heterocycles. The van der Waals surface area contributed by atoms with Gasteiger partial charge in [-0.1, -0.05) is 48.0 Å². The molecule has 3 nitrogen and oxygen atoms in total. The molecule has 0 fully saturated rings. The van der Waals surface area contributed by atoms with E-state index in [2.05, 4.69) is 4.89 Å². The molecular weight excluding hydrogens is 264 g/mol. The largest absolute Gasteiger partial charge is 0.494 e. The first-order chi connectivity index (χ1) is 10.2. The minimum atomic E-state index is -0.475. The van der Waals surface area contributed by atoms with Crippen molar-refractivity contribution < 1.29 is 14.9 Å². The average Bonchev–Trinajstić information content (AvgIpc) is 2.51. The summed E-state index contributed by atoms with van der Waals surface area (Å²) in [6.45, 7) is 4.63. The number of aryl methyl sites for hydroxylation is 1. The van der Waals surface area contributed by atoms with Crippen molar-refractivity contribution in [2.45, 2.75) is 20.0 Å². The van der Waals surface area contributed by atoms with Crippen molar-refractivity contribution in [2.24, 2.45) is 0 Å². The Morgan fingerprint density at radius 2 is 1.71 bits per heavy atom. The fraction of sp³-hybridized carbons (Fsp3) is 0.222. The molecule has 2 aromatic rings. The van der Waals surface area contributed by atoms with Gasteiger partial charge in [-0.15, -0.1) is 0 Å².